The Hall–Kier alpha value is -2.29. The molecule has 0 bridgehead atoms. The molecule has 0 saturated heterocycles. The maximum absolute atomic E-state index is 13.6. The zero-order valence-corrected chi connectivity index (χ0v) is 22.5. The van der Waals surface area contributed by atoms with Crippen LogP contribution in [0.25, 0.3) is 0 Å². The SMILES string of the molecule is Cc1ccc(N(CC(=O)N(Cc2ccc(Cl)c(Cl)c2)C(C)C(=O)NC2CCCC2)S(C)(=O)=O)cc1. The van der Waals surface area contributed by atoms with Crippen molar-refractivity contribution in [1.82, 2.24) is 10.2 Å². The van der Waals surface area contributed by atoms with Crippen molar-refractivity contribution in [3.8, 4) is 0 Å². The Kier molecular flexibility index (Phi) is 9.07. The van der Waals surface area contributed by atoms with Crippen LogP contribution < -0.4 is 9.62 Å². The lowest BCUT2D eigenvalue weighted by Crippen LogP contribution is -2.52. The molecule has 1 atom stereocenters. The number of halogens is 2. The molecule has 2 aromatic rings. The van der Waals surface area contributed by atoms with Gasteiger partial charge in [-0.3, -0.25) is 13.9 Å². The molecule has 0 aliphatic heterocycles. The fourth-order valence-electron chi connectivity index (χ4n) is 4.13. The topological polar surface area (TPSA) is 86.8 Å². The van der Waals surface area contributed by atoms with Crippen LogP contribution in [0.5, 0.6) is 0 Å². The molecule has 0 aromatic heterocycles. The minimum atomic E-state index is -3.76. The van der Waals surface area contributed by atoms with E-state index in [-0.39, 0.29) is 18.5 Å². The van der Waals surface area contributed by atoms with Gasteiger partial charge in [-0.05, 0) is 56.5 Å². The normalized spacial score (nSPS) is 15.0. The molecule has 1 fully saturated rings. The van der Waals surface area contributed by atoms with Crippen molar-refractivity contribution >= 4 is 50.7 Å². The third kappa shape index (κ3) is 7.35. The molecule has 0 radical (unpaired) electrons. The van der Waals surface area contributed by atoms with E-state index in [1.165, 1.54) is 4.90 Å². The van der Waals surface area contributed by atoms with E-state index in [1.54, 1.807) is 49.4 Å². The van der Waals surface area contributed by atoms with Crippen LogP contribution in [0.1, 0.15) is 43.7 Å². The molecule has 1 aliphatic carbocycles. The van der Waals surface area contributed by atoms with Crippen LogP contribution in [0.4, 0.5) is 5.69 Å². The third-order valence-electron chi connectivity index (χ3n) is 6.21. The van der Waals surface area contributed by atoms with Crippen molar-refractivity contribution < 1.29 is 18.0 Å². The summed E-state index contributed by atoms with van der Waals surface area (Å²) >= 11 is 12.2. The molecule has 0 heterocycles. The third-order valence-corrected chi connectivity index (χ3v) is 8.09. The summed E-state index contributed by atoms with van der Waals surface area (Å²) in [5.41, 5.74) is 2.02. The minimum absolute atomic E-state index is 0.0699. The van der Waals surface area contributed by atoms with Crippen LogP contribution in [0.3, 0.4) is 0 Å². The average Bonchev–Trinajstić information content (AvgIpc) is 3.30. The summed E-state index contributed by atoms with van der Waals surface area (Å²) in [5, 5.41) is 3.74. The zero-order chi connectivity index (χ0) is 25.8. The lowest BCUT2D eigenvalue weighted by Gasteiger charge is -2.32. The standard InChI is InChI=1S/C25H31Cl2N3O4S/c1-17-8-11-21(12-9-17)30(35(3,33)34)16-24(31)29(15-19-10-13-22(26)23(27)14-19)18(2)25(32)28-20-6-4-5-7-20/h8-14,18,20H,4-7,15-16H2,1-3H3,(H,28,32). The first-order chi connectivity index (χ1) is 16.5. The van der Waals surface area contributed by atoms with Gasteiger partial charge in [-0.2, -0.15) is 0 Å². The second-order valence-electron chi connectivity index (χ2n) is 9.04. The molecular weight excluding hydrogens is 509 g/mol. The Morgan fingerprint density at radius 1 is 1.06 bits per heavy atom. The van der Waals surface area contributed by atoms with Crippen LogP contribution >= 0.6 is 23.2 Å². The zero-order valence-electron chi connectivity index (χ0n) is 20.1. The number of anilines is 1. The predicted molar refractivity (Wildman–Crippen MR) is 140 cm³/mol. The van der Waals surface area contributed by atoms with Crippen LogP contribution in [0.2, 0.25) is 10.0 Å². The predicted octanol–water partition coefficient (Wildman–Crippen LogP) is 4.54. The second-order valence-corrected chi connectivity index (χ2v) is 11.8. The lowest BCUT2D eigenvalue weighted by molar-refractivity contribution is -0.139. The van der Waals surface area contributed by atoms with Crippen LogP contribution in [-0.4, -0.2) is 50.0 Å². The summed E-state index contributed by atoms with van der Waals surface area (Å²) in [6, 6.07) is 11.1. The maximum Gasteiger partial charge on any atom is 0.244 e. The number of amides is 2. The summed E-state index contributed by atoms with van der Waals surface area (Å²) < 4.78 is 26.2. The molecule has 190 valence electrons. The molecule has 2 amide bonds. The van der Waals surface area contributed by atoms with E-state index < -0.39 is 28.5 Å². The molecule has 35 heavy (non-hydrogen) atoms. The number of rotatable bonds is 9. The van der Waals surface area contributed by atoms with Gasteiger partial charge in [0, 0.05) is 12.6 Å². The fraction of sp³-hybridized carbons (Fsp3) is 0.440. The van der Waals surface area contributed by atoms with Gasteiger partial charge in [0.15, 0.2) is 0 Å². The number of hydrogen-bond donors (Lipinski definition) is 1. The molecular formula is C25H31Cl2N3O4S. The summed E-state index contributed by atoms with van der Waals surface area (Å²) in [4.78, 5) is 28.0. The van der Waals surface area contributed by atoms with Gasteiger partial charge in [0.2, 0.25) is 21.8 Å². The number of aryl methyl sites for hydroxylation is 1. The van der Waals surface area contributed by atoms with Gasteiger partial charge in [0.25, 0.3) is 0 Å². The first kappa shape index (κ1) is 27.3. The van der Waals surface area contributed by atoms with E-state index in [4.69, 9.17) is 23.2 Å². The van der Waals surface area contributed by atoms with E-state index in [0.29, 0.717) is 21.3 Å². The number of benzene rings is 2. The number of hydrogen-bond acceptors (Lipinski definition) is 4. The van der Waals surface area contributed by atoms with Crippen molar-refractivity contribution in [2.45, 2.75) is 58.2 Å². The molecule has 0 spiro atoms. The molecule has 10 heteroatoms. The van der Waals surface area contributed by atoms with Gasteiger partial charge < -0.3 is 10.2 Å². The molecule has 2 aromatic carbocycles. The largest absolute Gasteiger partial charge is 0.352 e. The molecule has 1 saturated carbocycles. The van der Waals surface area contributed by atoms with Gasteiger partial charge in [0.05, 0.1) is 22.0 Å². The van der Waals surface area contributed by atoms with Gasteiger partial charge in [-0.1, -0.05) is 59.8 Å². The number of carbonyl (C=O) groups excluding carboxylic acids is 2. The van der Waals surface area contributed by atoms with Crippen LogP contribution in [-0.2, 0) is 26.2 Å². The van der Waals surface area contributed by atoms with Gasteiger partial charge >= 0.3 is 0 Å². The minimum Gasteiger partial charge on any atom is -0.352 e. The number of nitrogens with one attached hydrogen (secondary N) is 1. The Morgan fingerprint density at radius 2 is 1.69 bits per heavy atom. The Balaban J connectivity index is 1.88. The van der Waals surface area contributed by atoms with Crippen molar-refractivity contribution in [2.75, 3.05) is 17.1 Å². The molecule has 1 N–H and O–H groups in total. The first-order valence-corrected chi connectivity index (χ1v) is 14.1. The highest BCUT2D eigenvalue weighted by molar-refractivity contribution is 7.92. The quantitative estimate of drug-likeness (QED) is 0.506. The van der Waals surface area contributed by atoms with Crippen molar-refractivity contribution in [3.63, 3.8) is 0 Å². The van der Waals surface area contributed by atoms with E-state index >= 15 is 0 Å². The van der Waals surface area contributed by atoms with E-state index in [1.807, 2.05) is 6.92 Å². The van der Waals surface area contributed by atoms with E-state index in [0.717, 1.165) is 41.8 Å². The Morgan fingerprint density at radius 3 is 2.26 bits per heavy atom. The summed E-state index contributed by atoms with van der Waals surface area (Å²) in [7, 11) is -3.76. The van der Waals surface area contributed by atoms with Crippen molar-refractivity contribution in [2.24, 2.45) is 0 Å². The van der Waals surface area contributed by atoms with Gasteiger partial charge in [-0.15, -0.1) is 0 Å². The van der Waals surface area contributed by atoms with Gasteiger partial charge in [0.1, 0.15) is 12.6 Å². The van der Waals surface area contributed by atoms with Crippen LogP contribution in [0.15, 0.2) is 42.5 Å². The number of sulfonamides is 1. The highest BCUT2D eigenvalue weighted by Crippen LogP contribution is 2.25. The van der Waals surface area contributed by atoms with E-state index in [2.05, 4.69) is 5.32 Å². The first-order valence-electron chi connectivity index (χ1n) is 11.5. The Bertz CT molecular complexity index is 1170. The Labute approximate surface area is 217 Å². The second kappa shape index (κ2) is 11.6. The molecule has 3 rings (SSSR count). The highest BCUT2D eigenvalue weighted by atomic mass is 35.5. The summed E-state index contributed by atoms with van der Waals surface area (Å²) in [6.45, 7) is 3.17. The number of nitrogens with zero attached hydrogens (tertiary/aromatic N) is 2. The monoisotopic (exact) mass is 539 g/mol. The average molecular weight is 541 g/mol. The van der Waals surface area contributed by atoms with Gasteiger partial charge in [-0.25, -0.2) is 8.42 Å². The summed E-state index contributed by atoms with van der Waals surface area (Å²) in [6.07, 6.45) is 5.00. The molecule has 7 nitrogen and oxygen atoms in total. The number of carbonyl (C=O) groups is 2. The summed E-state index contributed by atoms with van der Waals surface area (Å²) in [5.74, 6) is -0.775. The maximum atomic E-state index is 13.6. The fourth-order valence-corrected chi connectivity index (χ4v) is 5.30. The van der Waals surface area contributed by atoms with E-state index in [9.17, 15) is 18.0 Å². The lowest BCUT2D eigenvalue weighted by atomic mass is 10.1. The van der Waals surface area contributed by atoms with Crippen molar-refractivity contribution in [3.05, 3.63) is 63.6 Å². The van der Waals surface area contributed by atoms with Crippen molar-refractivity contribution in [1.29, 1.82) is 0 Å². The molecule has 1 unspecified atom stereocenters. The molecule has 1 aliphatic rings. The van der Waals surface area contributed by atoms with Crippen LogP contribution in [0, 0.1) is 6.92 Å². The smallest absolute Gasteiger partial charge is 0.244 e. The highest BCUT2D eigenvalue weighted by Gasteiger charge is 2.31.